The Morgan fingerprint density at radius 2 is 1.58 bits per heavy atom. The van der Waals surface area contributed by atoms with Crippen LogP contribution in [0.15, 0.2) is 55.0 Å². The number of carbonyl (C=O) groups excluding carboxylic acids is 2. The zero-order valence-electron chi connectivity index (χ0n) is 18.6. The molecule has 36 heavy (non-hydrogen) atoms. The standard InChI is InChI=1S/C25H19N5O6/c31-22(12-1-3-13(4-2-12)24(33)34)30-18-10-26-20-19(18)27-11-28-21(20)23(32)29-17-8-6-14-9-15(25(35)36)5-7-16(14)17/h1-5,7,9-11,17,26H,6,8H2,(H,29,32)(H,30,31)(H,33,34)(H,35,36)/t17-/m0/s1. The van der Waals surface area contributed by atoms with Crippen molar-refractivity contribution in [3.8, 4) is 0 Å². The van der Waals surface area contributed by atoms with E-state index in [-0.39, 0.29) is 28.4 Å². The number of amides is 2. The highest BCUT2D eigenvalue weighted by Gasteiger charge is 2.27. The molecule has 4 aromatic rings. The van der Waals surface area contributed by atoms with Gasteiger partial charge in [-0.2, -0.15) is 0 Å². The minimum atomic E-state index is -1.09. The first-order valence-corrected chi connectivity index (χ1v) is 11.0. The van der Waals surface area contributed by atoms with E-state index in [2.05, 4.69) is 25.6 Å². The second-order valence-corrected chi connectivity index (χ2v) is 8.27. The van der Waals surface area contributed by atoms with Gasteiger partial charge in [0.05, 0.1) is 28.4 Å². The van der Waals surface area contributed by atoms with Gasteiger partial charge in [-0.25, -0.2) is 19.6 Å². The van der Waals surface area contributed by atoms with Crippen LogP contribution in [0.5, 0.6) is 0 Å². The van der Waals surface area contributed by atoms with Crippen LogP contribution in [0.4, 0.5) is 5.69 Å². The van der Waals surface area contributed by atoms with Crippen molar-refractivity contribution < 1.29 is 29.4 Å². The predicted molar refractivity (Wildman–Crippen MR) is 127 cm³/mol. The number of rotatable bonds is 6. The summed E-state index contributed by atoms with van der Waals surface area (Å²) in [5.74, 6) is -3.00. The number of benzene rings is 2. The van der Waals surface area contributed by atoms with Crippen molar-refractivity contribution in [1.82, 2.24) is 20.3 Å². The number of fused-ring (bicyclic) bond motifs is 2. The molecule has 1 aliphatic carbocycles. The highest BCUT2D eigenvalue weighted by atomic mass is 16.4. The SMILES string of the molecule is O=C(O)c1ccc(C(=O)Nc2c[nH]c3c(C(=O)N[C@H]4CCc5cc(C(=O)O)ccc54)ncnc23)cc1. The van der Waals surface area contributed by atoms with Crippen LogP contribution in [0.1, 0.15) is 65.2 Å². The van der Waals surface area contributed by atoms with E-state index in [0.717, 1.165) is 11.1 Å². The number of aromatic nitrogens is 3. The van der Waals surface area contributed by atoms with Crippen molar-refractivity contribution in [3.05, 3.63) is 88.5 Å². The van der Waals surface area contributed by atoms with Crippen LogP contribution < -0.4 is 10.6 Å². The minimum Gasteiger partial charge on any atom is -0.478 e. The monoisotopic (exact) mass is 485 g/mol. The van der Waals surface area contributed by atoms with Crippen molar-refractivity contribution in [2.45, 2.75) is 18.9 Å². The van der Waals surface area contributed by atoms with Gasteiger partial charge >= 0.3 is 11.9 Å². The molecule has 11 heteroatoms. The first kappa shape index (κ1) is 22.7. The summed E-state index contributed by atoms with van der Waals surface area (Å²) >= 11 is 0. The molecule has 0 spiro atoms. The van der Waals surface area contributed by atoms with Gasteiger partial charge in [-0.05, 0) is 60.4 Å². The van der Waals surface area contributed by atoms with Crippen molar-refractivity contribution >= 4 is 40.5 Å². The van der Waals surface area contributed by atoms with Gasteiger partial charge in [0.1, 0.15) is 11.8 Å². The highest BCUT2D eigenvalue weighted by molar-refractivity contribution is 6.11. The molecule has 0 fully saturated rings. The molecule has 0 bridgehead atoms. The van der Waals surface area contributed by atoms with E-state index in [1.54, 1.807) is 12.1 Å². The van der Waals surface area contributed by atoms with Crippen molar-refractivity contribution in [3.63, 3.8) is 0 Å². The van der Waals surface area contributed by atoms with Crippen molar-refractivity contribution in [2.24, 2.45) is 0 Å². The van der Waals surface area contributed by atoms with Gasteiger partial charge in [-0.1, -0.05) is 6.07 Å². The maximum atomic E-state index is 13.1. The third-order valence-electron chi connectivity index (χ3n) is 6.09. The Balaban J connectivity index is 1.35. The maximum absolute atomic E-state index is 13.1. The van der Waals surface area contributed by atoms with Gasteiger partial charge in [-0.3, -0.25) is 9.59 Å². The normalized spacial score (nSPS) is 14.3. The average Bonchev–Trinajstić information content (AvgIpc) is 3.47. The largest absolute Gasteiger partial charge is 0.478 e. The number of anilines is 1. The summed E-state index contributed by atoms with van der Waals surface area (Å²) in [6, 6.07) is 10.0. The third-order valence-corrected chi connectivity index (χ3v) is 6.09. The Bertz CT molecular complexity index is 1540. The van der Waals surface area contributed by atoms with E-state index >= 15 is 0 Å². The summed E-state index contributed by atoms with van der Waals surface area (Å²) in [4.78, 5) is 59.2. The lowest BCUT2D eigenvalue weighted by atomic mass is 10.0. The molecule has 2 aromatic heterocycles. The highest BCUT2D eigenvalue weighted by Crippen LogP contribution is 2.32. The molecule has 180 valence electrons. The summed E-state index contributed by atoms with van der Waals surface area (Å²) in [6.45, 7) is 0. The van der Waals surface area contributed by atoms with E-state index in [0.29, 0.717) is 29.6 Å². The molecule has 11 nitrogen and oxygen atoms in total. The first-order chi connectivity index (χ1) is 17.3. The van der Waals surface area contributed by atoms with Crippen LogP contribution in [0.2, 0.25) is 0 Å². The minimum absolute atomic E-state index is 0.0641. The molecule has 2 amide bonds. The molecule has 0 saturated heterocycles. The molecular formula is C25H19N5O6. The van der Waals surface area contributed by atoms with Crippen LogP contribution >= 0.6 is 0 Å². The average molecular weight is 485 g/mol. The molecular weight excluding hydrogens is 466 g/mol. The van der Waals surface area contributed by atoms with E-state index in [1.165, 1.54) is 42.9 Å². The topological polar surface area (TPSA) is 174 Å². The molecule has 0 radical (unpaired) electrons. The molecule has 0 unspecified atom stereocenters. The molecule has 0 aliphatic heterocycles. The first-order valence-electron chi connectivity index (χ1n) is 11.0. The number of carboxylic acid groups (broad SMARTS) is 2. The van der Waals surface area contributed by atoms with Crippen LogP contribution in [0.3, 0.4) is 0 Å². The zero-order valence-corrected chi connectivity index (χ0v) is 18.6. The van der Waals surface area contributed by atoms with E-state index in [4.69, 9.17) is 5.11 Å². The van der Waals surface area contributed by atoms with Crippen LogP contribution in [0, 0.1) is 0 Å². The van der Waals surface area contributed by atoms with Crippen LogP contribution in [0.25, 0.3) is 11.0 Å². The number of H-pyrrole nitrogens is 1. The van der Waals surface area contributed by atoms with Gasteiger partial charge in [0.15, 0.2) is 5.69 Å². The number of aryl methyl sites for hydroxylation is 1. The molecule has 1 atom stereocenters. The lowest BCUT2D eigenvalue weighted by Gasteiger charge is -2.14. The number of nitrogens with one attached hydrogen (secondary N) is 3. The van der Waals surface area contributed by atoms with E-state index in [1.807, 2.05) is 0 Å². The zero-order chi connectivity index (χ0) is 25.4. The van der Waals surface area contributed by atoms with E-state index in [9.17, 15) is 24.3 Å². The van der Waals surface area contributed by atoms with E-state index < -0.39 is 23.8 Å². The summed E-state index contributed by atoms with van der Waals surface area (Å²) in [7, 11) is 0. The number of carbonyl (C=O) groups is 4. The Kier molecular flexibility index (Phi) is 5.65. The van der Waals surface area contributed by atoms with Gasteiger partial charge < -0.3 is 25.8 Å². The van der Waals surface area contributed by atoms with Gasteiger partial charge in [0.25, 0.3) is 11.8 Å². The second kappa shape index (κ2) is 8.95. The number of nitrogens with zero attached hydrogens (tertiary/aromatic N) is 2. The van der Waals surface area contributed by atoms with Gasteiger partial charge in [-0.15, -0.1) is 0 Å². The van der Waals surface area contributed by atoms with Crippen LogP contribution in [-0.2, 0) is 6.42 Å². The molecule has 1 aliphatic rings. The fourth-order valence-electron chi connectivity index (χ4n) is 4.29. The lowest BCUT2D eigenvalue weighted by molar-refractivity contribution is 0.0686. The molecule has 2 heterocycles. The predicted octanol–water partition coefficient (Wildman–Crippen LogP) is 3.02. The second-order valence-electron chi connectivity index (χ2n) is 8.27. The summed E-state index contributed by atoms with van der Waals surface area (Å²) in [5, 5.41) is 23.9. The summed E-state index contributed by atoms with van der Waals surface area (Å²) < 4.78 is 0. The molecule has 5 rings (SSSR count). The fraction of sp³-hybridized carbons (Fsp3) is 0.120. The number of aromatic amines is 1. The number of carboxylic acids is 2. The Morgan fingerprint density at radius 1 is 0.889 bits per heavy atom. The van der Waals surface area contributed by atoms with Gasteiger partial charge in [0, 0.05) is 11.8 Å². The molecule has 2 aromatic carbocycles. The molecule has 5 N–H and O–H groups in total. The summed E-state index contributed by atoms with van der Waals surface area (Å²) in [6.07, 6.45) is 4.00. The van der Waals surface area contributed by atoms with Gasteiger partial charge in [0.2, 0.25) is 0 Å². The number of hydrogen-bond donors (Lipinski definition) is 5. The summed E-state index contributed by atoms with van der Waals surface area (Å²) in [5.41, 5.74) is 3.39. The Morgan fingerprint density at radius 3 is 2.31 bits per heavy atom. The van der Waals surface area contributed by atoms with Crippen molar-refractivity contribution in [1.29, 1.82) is 0 Å². The molecule has 0 saturated carbocycles. The van der Waals surface area contributed by atoms with Crippen molar-refractivity contribution in [2.75, 3.05) is 5.32 Å². The maximum Gasteiger partial charge on any atom is 0.335 e. The lowest BCUT2D eigenvalue weighted by Crippen LogP contribution is -2.28. The third kappa shape index (κ3) is 4.13. The quantitative estimate of drug-likeness (QED) is 0.277. The smallest absolute Gasteiger partial charge is 0.335 e. The van der Waals surface area contributed by atoms with Crippen LogP contribution in [-0.4, -0.2) is 48.9 Å². The fourth-order valence-corrected chi connectivity index (χ4v) is 4.29. The number of aromatic carboxylic acids is 2. The number of hydrogen-bond acceptors (Lipinski definition) is 6. The Hall–Kier alpha value is -5.06. The Labute approximate surface area is 203 Å².